The second-order valence-electron chi connectivity index (χ2n) is 6.80. The van der Waals surface area contributed by atoms with Crippen LogP contribution in [0.1, 0.15) is 18.1 Å². The SMILES string of the molecule is CCOc1cc(/C=C(\C#N)C(=O)Nc2ccc(F)cc2)c(Br)cc1OCc1ccc(F)cc1. The fraction of sp³-hybridized carbons (Fsp3) is 0.120. The fourth-order valence-corrected chi connectivity index (χ4v) is 3.26. The van der Waals surface area contributed by atoms with E-state index < -0.39 is 11.7 Å². The number of nitriles is 1. The van der Waals surface area contributed by atoms with Crippen molar-refractivity contribution in [3.05, 3.63) is 93.5 Å². The van der Waals surface area contributed by atoms with Gasteiger partial charge in [0.25, 0.3) is 5.91 Å². The number of halogens is 3. The summed E-state index contributed by atoms with van der Waals surface area (Å²) in [7, 11) is 0. The number of ether oxygens (including phenoxy) is 2. The minimum atomic E-state index is -0.634. The Hall–Kier alpha value is -3.70. The van der Waals surface area contributed by atoms with Crippen LogP contribution in [0.15, 0.2) is 70.7 Å². The quantitative estimate of drug-likeness (QED) is 0.286. The molecule has 3 aromatic rings. The number of anilines is 1. The lowest BCUT2D eigenvalue weighted by Crippen LogP contribution is -2.13. The molecule has 1 amide bonds. The maximum absolute atomic E-state index is 13.1. The Bertz CT molecular complexity index is 1200. The molecule has 0 atom stereocenters. The third kappa shape index (κ3) is 6.64. The summed E-state index contributed by atoms with van der Waals surface area (Å²) in [6, 6.07) is 16.4. The average molecular weight is 513 g/mol. The molecule has 33 heavy (non-hydrogen) atoms. The van der Waals surface area contributed by atoms with Gasteiger partial charge in [-0.05, 0) is 72.7 Å². The van der Waals surface area contributed by atoms with E-state index in [-0.39, 0.29) is 18.0 Å². The minimum Gasteiger partial charge on any atom is -0.490 e. The van der Waals surface area contributed by atoms with Crippen molar-refractivity contribution >= 4 is 33.6 Å². The van der Waals surface area contributed by atoms with E-state index >= 15 is 0 Å². The number of nitrogens with zero attached hydrogens (tertiary/aromatic N) is 1. The average Bonchev–Trinajstić information content (AvgIpc) is 2.80. The summed E-state index contributed by atoms with van der Waals surface area (Å²) in [5.41, 5.74) is 1.52. The highest BCUT2D eigenvalue weighted by molar-refractivity contribution is 9.10. The Kier molecular flexibility index (Phi) is 8.17. The Balaban J connectivity index is 1.83. The molecular weight excluding hydrogens is 494 g/mol. The molecule has 0 bridgehead atoms. The smallest absolute Gasteiger partial charge is 0.266 e. The maximum Gasteiger partial charge on any atom is 0.266 e. The molecule has 0 saturated heterocycles. The number of benzene rings is 3. The fourth-order valence-electron chi connectivity index (χ4n) is 2.82. The van der Waals surface area contributed by atoms with Crippen molar-refractivity contribution in [2.75, 3.05) is 11.9 Å². The first-order chi connectivity index (χ1) is 15.9. The first-order valence-electron chi connectivity index (χ1n) is 9.92. The van der Waals surface area contributed by atoms with Gasteiger partial charge in [0.1, 0.15) is 29.9 Å². The van der Waals surface area contributed by atoms with Crippen molar-refractivity contribution < 1.29 is 23.0 Å². The Morgan fingerprint density at radius 2 is 1.64 bits per heavy atom. The number of amides is 1. The minimum absolute atomic E-state index is 0.151. The molecule has 0 saturated carbocycles. The van der Waals surface area contributed by atoms with E-state index in [0.29, 0.717) is 33.8 Å². The third-order valence-electron chi connectivity index (χ3n) is 4.44. The largest absolute Gasteiger partial charge is 0.490 e. The lowest BCUT2D eigenvalue weighted by Gasteiger charge is -2.14. The Labute approximate surface area is 198 Å². The lowest BCUT2D eigenvalue weighted by atomic mass is 10.1. The maximum atomic E-state index is 13.1. The van der Waals surface area contributed by atoms with Crippen LogP contribution in [0, 0.1) is 23.0 Å². The van der Waals surface area contributed by atoms with Gasteiger partial charge in [0.15, 0.2) is 11.5 Å². The van der Waals surface area contributed by atoms with Crippen LogP contribution >= 0.6 is 15.9 Å². The van der Waals surface area contributed by atoms with E-state index in [0.717, 1.165) is 5.56 Å². The zero-order valence-corrected chi connectivity index (χ0v) is 19.2. The number of hydrogen-bond donors (Lipinski definition) is 1. The van der Waals surface area contributed by atoms with Crippen LogP contribution in [0.25, 0.3) is 6.08 Å². The van der Waals surface area contributed by atoms with E-state index in [9.17, 15) is 18.8 Å². The Morgan fingerprint density at radius 3 is 2.24 bits per heavy atom. The van der Waals surface area contributed by atoms with E-state index in [2.05, 4.69) is 21.2 Å². The van der Waals surface area contributed by atoms with Crippen LogP contribution < -0.4 is 14.8 Å². The summed E-state index contributed by atoms with van der Waals surface area (Å²) in [6.45, 7) is 2.39. The molecule has 0 spiro atoms. The molecule has 0 unspecified atom stereocenters. The van der Waals surface area contributed by atoms with Crippen LogP contribution in [0.4, 0.5) is 14.5 Å². The first-order valence-corrected chi connectivity index (χ1v) is 10.7. The molecule has 0 aliphatic rings. The normalized spacial score (nSPS) is 10.9. The molecule has 0 heterocycles. The molecule has 0 aromatic heterocycles. The second-order valence-corrected chi connectivity index (χ2v) is 7.65. The molecule has 168 valence electrons. The van der Waals surface area contributed by atoms with Crippen molar-refractivity contribution in [3.63, 3.8) is 0 Å². The molecule has 3 rings (SSSR count). The van der Waals surface area contributed by atoms with E-state index in [1.165, 1.54) is 42.5 Å². The molecule has 0 aliphatic carbocycles. The number of hydrogen-bond acceptors (Lipinski definition) is 4. The number of carbonyl (C=O) groups excluding carboxylic acids is 1. The molecule has 0 radical (unpaired) electrons. The summed E-state index contributed by atoms with van der Waals surface area (Å²) >= 11 is 3.44. The van der Waals surface area contributed by atoms with Gasteiger partial charge in [-0.15, -0.1) is 0 Å². The lowest BCUT2D eigenvalue weighted by molar-refractivity contribution is -0.112. The summed E-state index contributed by atoms with van der Waals surface area (Å²) in [5, 5.41) is 12.0. The van der Waals surface area contributed by atoms with Crippen molar-refractivity contribution in [1.29, 1.82) is 5.26 Å². The highest BCUT2D eigenvalue weighted by atomic mass is 79.9. The highest BCUT2D eigenvalue weighted by Crippen LogP contribution is 2.35. The van der Waals surface area contributed by atoms with Gasteiger partial charge in [0, 0.05) is 10.2 Å². The summed E-state index contributed by atoms with van der Waals surface area (Å²) in [5.74, 6) is -0.530. The van der Waals surface area contributed by atoms with Crippen molar-refractivity contribution in [1.82, 2.24) is 0 Å². The van der Waals surface area contributed by atoms with E-state index in [4.69, 9.17) is 9.47 Å². The molecule has 3 aromatic carbocycles. The molecule has 8 heteroatoms. The molecule has 5 nitrogen and oxygen atoms in total. The van der Waals surface area contributed by atoms with Gasteiger partial charge >= 0.3 is 0 Å². The summed E-state index contributed by atoms with van der Waals surface area (Å²) < 4.78 is 38.2. The van der Waals surface area contributed by atoms with Gasteiger partial charge < -0.3 is 14.8 Å². The van der Waals surface area contributed by atoms with Gasteiger partial charge in [-0.25, -0.2) is 8.78 Å². The zero-order chi connectivity index (χ0) is 23.8. The van der Waals surface area contributed by atoms with Crippen molar-refractivity contribution in [2.45, 2.75) is 13.5 Å². The topological polar surface area (TPSA) is 71.3 Å². The summed E-state index contributed by atoms with van der Waals surface area (Å²) in [4.78, 5) is 12.5. The Morgan fingerprint density at radius 1 is 1.03 bits per heavy atom. The van der Waals surface area contributed by atoms with Gasteiger partial charge in [-0.1, -0.05) is 28.1 Å². The van der Waals surface area contributed by atoms with Gasteiger partial charge in [-0.2, -0.15) is 5.26 Å². The van der Waals surface area contributed by atoms with E-state index in [1.807, 2.05) is 13.0 Å². The van der Waals surface area contributed by atoms with Crippen molar-refractivity contribution in [2.24, 2.45) is 0 Å². The molecule has 0 aliphatic heterocycles. The summed E-state index contributed by atoms with van der Waals surface area (Å²) in [6.07, 6.45) is 1.41. The van der Waals surface area contributed by atoms with Crippen LogP contribution in [-0.2, 0) is 11.4 Å². The van der Waals surface area contributed by atoms with Gasteiger partial charge in [-0.3, -0.25) is 4.79 Å². The molecular formula is C25H19BrF2N2O3. The van der Waals surface area contributed by atoms with Crippen LogP contribution in [0.2, 0.25) is 0 Å². The van der Waals surface area contributed by atoms with Crippen LogP contribution in [-0.4, -0.2) is 12.5 Å². The standard InChI is InChI=1S/C25H19BrF2N2O3/c1-2-32-23-12-17(11-18(14-29)25(31)30-21-9-7-20(28)8-10-21)22(26)13-24(23)33-15-16-3-5-19(27)6-4-16/h3-13H,2,15H2,1H3,(H,30,31)/b18-11+. The number of nitrogens with one attached hydrogen (secondary N) is 1. The first kappa shape index (κ1) is 24.0. The van der Waals surface area contributed by atoms with E-state index in [1.54, 1.807) is 24.3 Å². The highest BCUT2D eigenvalue weighted by Gasteiger charge is 2.14. The monoisotopic (exact) mass is 512 g/mol. The predicted octanol–water partition coefficient (Wildman–Crippen LogP) is 6.25. The van der Waals surface area contributed by atoms with Gasteiger partial charge in [0.05, 0.1) is 6.61 Å². The zero-order valence-electron chi connectivity index (χ0n) is 17.6. The number of rotatable bonds is 8. The molecule has 1 N–H and O–H groups in total. The third-order valence-corrected chi connectivity index (χ3v) is 5.12. The predicted molar refractivity (Wildman–Crippen MR) is 125 cm³/mol. The van der Waals surface area contributed by atoms with Crippen LogP contribution in [0.3, 0.4) is 0 Å². The second kappa shape index (κ2) is 11.2. The molecule has 0 fully saturated rings. The van der Waals surface area contributed by atoms with Crippen LogP contribution in [0.5, 0.6) is 11.5 Å². The number of carbonyl (C=O) groups is 1. The van der Waals surface area contributed by atoms with Crippen molar-refractivity contribution in [3.8, 4) is 17.6 Å². The van der Waals surface area contributed by atoms with Gasteiger partial charge in [0.2, 0.25) is 0 Å².